The first-order valence-electron chi connectivity index (χ1n) is 22.1. The number of aromatic nitrogens is 4. The van der Waals surface area contributed by atoms with E-state index in [1.807, 2.05) is 19.9 Å². The molecule has 15 nitrogen and oxygen atoms in total. The Kier molecular flexibility index (Phi) is 12.6. The molecule has 3 aliphatic rings. The standard InChI is InChI=1S/C46H52F5N9O6/c1-22(2)38(56-44(63)64)42(61)58-16-6-8-35(58)40-52-29-12-10-24(18-31(29)54-40)33-14-15-34(60(33)37-21-27(47)26(20-28(37)48)46(49,50)51)25-11-13-30-32(19-25)55-41(53-30)36-9-7-17-59(36)43(62)39(23(3)4)57-45(65)66-5/h10-13,18-23,33-36,38-39,56H,6-9,14-17H2,1-5H3,(H,52,54)(H,53,55)(H,57,65)(H,63,64)/t33-,34?,35+,36+,38+,39+/m1/s1. The summed E-state index contributed by atoms with van der Waals surface area (Å²) in [7, 11) is 1.23. The number of rotatable bonds is 11. The number of anilines is 1. The van der Waals surface area contributed by atoms with Crippen molar-refractivity contribution in [1.82, 2.24) is 40.4 Å². The molecule has 6 atom stereocenters. The number of nitrogens with zero attached hydrogens (tertiary/aromatic N) is 5. The summed E-state index contributed by atoms with van der Waals surface area (Å²) in [5.41, 5.74) is 1.54. The average Bonchev–Trinajstić information content (AvgIpc) is 4.12. The number of aromatic amines is 2. The van der Waals surface area contributed by atoms with Gasteiger partial charge in [0, 0.05) is 19.2 Å². The Hall–Kier alpha value is -6.47. The topological polar surface area (TPSA) is 189 Å². The predicted octanol–water partition coefficient (Wildman–Crippen LogP) is 8.82. The highest BCUT2D eigenvalue weighted by Crippen LogP contribution is 2.49. The van der Waals surface area contributed by atoms with E-state index in [2.05, 4.69) is 20.6 Å². The third-order valence-corrected chi connectivity index (χ3v) is 13.1. The number of amides is 4. The highest BCUT2D eigenvalue weighted by atomic mass is 19.4. The Bertz CT molecular complexity index is 2670. The number of likely N-dealkylation sites (tertiary alicyclic amines) is 2. The molecule has 3 aromatic carbocycles. The normalized spacial score (nSPS) is 21.1. The number of alkyl carbamates (subject to hydrolysis) is 1. The van der Waals surface area contributed by atoms with E-state index in [0.717, 1.165) is 0 Å². The van der Waals surface area contributed by atoms with Crippen LogP contribution in [0.3, 0.4) is 0 Å². The molecule has 0 radical (unpaired) electrons. The molecule has 352 valence electrons. The van der Waals surface area contributed by atoms with Gasteiger partial charge in [0.15, 0.2) is 0 Å². The fourth-order valence-electron chi connectivity index (χ4n) is 9.90. The van der Waals surface area contributed by atoms with Crippen molar-refractivity contribution in [3.8, 4) is 0 Å². The number of carboxylic acid groups (broad SMARTS) is 1. The third kappa shape index (κ3) is 8.80. The van der Waals surface area contributed by atoms with Crippen LogP contribution in [-0.4, -0.2) is 91.1 Å². The van der Waals surface area contributed by atoms with Crippen LogP contribution in [-0.2, 0) is 20.5 Å². The second kappa shape index (κ2) is 18.1. The molecule has 5 heterocycles. The van der Waals surface area contributed by atoms with Crippen LogP contribution in [0.15, 0.2) is 48.5 Å². The summed E-state index contributed by atoms with van der Waals surface area (Å²) in [6, 6.07) is 7.59. The lowest BCUT2D eigenvalue weighted by atomic mass is 10.0. The van der Waals surface area contributed by atoms with Gasteiger partial charge >= 0.3 is 18.4 Å². The van der Waals surface area contributed by atoms with Crippen molar-refractivity contribution in [2.75, 3.05) is 25.1 Å². The van der Waals surface area contributed by atoms with Crippen LogP contribution in [0.4, 0.5) is 37.2 Å². The Morgan fingerprint density at radius 3 is 1.64 bits per heavy atom. The van der Waals surface area contributed by atoms with Gasteiger partial charge in [0.1, 0.15) is 35.4 Å². The van der Waals surface area contributed by atoms with Gasteiger partial charge in [-0.25, -0.2) is 28.3 Å². The Balaban J connectivity index is 1.12. The van der Waals surface area contributed by atoms with Crippen molar-refractivity contribution in [2.45, 2.75) is 109 Å². The van der Waals surface area contributed by atoms with E-state index in [-0.39, 0.29) is 35.4 Å². The molecule has 1 unspecified atom stereocenters. The first-order chi connectivity index (χ1) is 31.3. The van der Waals surface area contributed by atoms with Crippen molar-refractivity contribution in [1.29, 1.82) is 0 Å². The van der Waals surface area contributed by atoms with E-state index in [1.165, 1.54) is 7.11 Å². The number of H-pyrrole nitrogens is 2. The van der Waals surface area contributed by atoms with Crippen LogP contribution in [0.25, 0.3) is 22.1 Å². The number of ether oxygens (including phenoxy) is 1. The van der Waals surface area contributed by atoms with Gasteiger partial charge < -0.3 is 45.1 Å². The van der Waals surface area contributed by atoms with Gasteiger partial charge in [0.05, 0.1) is 64.6 Å². The summed E-state index contributed by atoms with van der Waals surface area (Å²) in [5, 5.41) is 14.4. The van der Waals surface area contributed by atoms with Crippen molar-refractivity contribution in [3.05, 3.63) is 88.5 Å². The smallest absolute Gasteiger partial charge is 0.419 e. The van der Waals surface area contributed by atoms with Crippen LogP contribution < -0.4 is 15.5 Å². The number of benzene rings is 3. The first-order valence-corrected chi connectivity index (χ1v) is 22.1. The zero-order valence-corrected chi connectivity index (χ0v) is 37.0. The van der Waals surface area contributed by atoms with Crippen molar-refractivity contribution < 1.29 is 51.0 Å². The quantitative estimate of drug-likeness (QED) is 0.0807. The average molecular weight is 922 g/mol. The monoisotopic (exact) mass is 921 g/mol. The van der Waals surface area contributed by atoms with Crippen LogP contribution >= 0.6 is 0 Å². The minimum Gasteiger partial charge on any atom is -0.465 e. The minimum absolute atomic E-state index is 0.188. The van der Waals surface area contributed by atoms with E-state index in [1.54, 1.807) is 58.9 Å². The van der Waals surface area contributed by atoms with Gasteiger partial charge in [-0.15, -0.1) is 0 Å². The van der Waals surface area contributed by atoms with Gasteiger partial charge in [-0.05, 0) is 91.8 Å². The maximum atomic E-state index is 16.2. The summed E-state index contributed by atoms with van der Waals surface area (Å²) in [6.07, 6.45) is -3.80. The largest absolute Gasteiger partial charge is 0.465 e. The van der Waals surface area contributed by atoms with Crippen molar-refractivity contribution in [2.24, 2.45) is 11.8 Å². The molecule has 0 spiro atoms. The van der Waals surface area contributed by atoms with Gasteiger partial charge in [-0.1, -0.05) is 39.8 Å². The van der Waals surface area contributed by atoms with Gasteiger partial charge in [-0.3, -0.25) is 9.59 Å². The van der Waals surface area contributed by atoms with Crippen LogP contribution in [0, 0.1) is 23.5 Å². The fraction of sp³-hybridized carbons (Fsp3) is 0.478. The van der Waals surface area contributed by atoms with Gasteiger partial charge in [-0.2, -0.15) is 13.2 Å². The molecule has 66 heavy (non-hydrogen) atoms. The second-order valence-corrected chi connectivity index (χ2v) is 18.0. The SMILES string of the molecule is COC(=O)N[C@H](C(=O)N1CCC[C@H]1c1nc2cc(C3CC[C@H](c4ccc5[nH]c([C@@H]6CCCN6C(=O)[C@@H](NC(=O)O)C(C)C)nc5c4)N3c3cc(F)c(C(F)(F)F)cc3F)ccc2[nH]1)C(C)C. The zero-order valence-electron chi connectivity index (χ0n) is 37.0. The van der Waals surface area contributed by atoms with Crippen molar-refractivity contribution >= 4 is 51.8 Å². The molecule has 0 aliphatic carbocycles. The number of halogens is 5. The number of imidazole rings is 2. The van der Waals surface area contributed by atoms with Crippen LogP contribution in [0.2, 0.25) is 0 Å². The maximum Gasteiger partial charge on any atom is 0.419 e. The predicted molar refractivity (Wildman–Crippen MR) is 232 cm³/mol. The number of methoxy groups -OCH3 is 1. The number of carbonyl (C=O) groups is 4. The molecule has 3 aliphatic heterocycles. The molecule has 0 saturated carbocycles. The second-order valence-electron chi connectivity index (χ2n) is 18.0. The van der Waals surface area contributed by atoms with Gasteiger partial charge in [0.2, 0.25) is 11.8 Å². The molecule has 20 heteroatoms. The highest BCUT2D eigenvalue weighted by Gasteiger charge is 2.42. The van der Waals surface area contributed by atoms with Crippen LogP contribution in [0.5, 0.6) is 0 Å². The minimum atomic E-state index is -5.13. The van der Waals surface area contributed by atoms with Crippen molar-refractivity contribution in [3.63, 3.8) is 0 Å². The Morgan fingerprint density at radius 1 is 0.712 bits per heavy atom. The van der Waals surface area contributed by atoms with E-state index in [9.17, 15) is 37.5 Å². The van der Waals surface area contributed by atoms with E-state index >= 15 is 8.78 Å². The van der Waals surface area contributed by atoms with E-state index in [0.29, 0.717) is 103 Å². The first kappa shape index (κ1) is 46.1. The van der Waals surface area contributed by atoms with Gasteiger partial charge in [0.25, 0.3) is 0 Å². The molecule has 2 aromatic heterocycles. The Labute approximate surface area is 376 Å². The highest BCUT2D eigenvalue weighted by molar-refractivity contribution is 5.87. The lowest BCUT2D eigenvalue weighted by molar-refractivity contribution is -0.140. The Morgan fingerprint density at radius 2 is 1.20 bits per heavy atom. The summed E-state index contributed by atoms with van der Waals surface area (Å²) in [6.45, 7) is 8.01. The number of hydrogen-bond acceptors (Lipinski definition) is 8. The summed E-state index contributed by atoms with van der Waals surface area (Å²) in [5.74, 6) is -3.02. The van der Waals surface area contributed by atoms with E-state index < -0.39 is 71.8 Å². The lowest BCUT2D eigenvalue weighted by Crippen LogP contribution is -2.51. The molecular formula is C46H52F5N9O6. The number of nitrogens with one attached hydrogen (secondary N) is 4. The zero-order chi connectivity index (χ0) is 47.4. The number of carbonyl (C=O) groups excluding carboxylic acids is 3. The summed E-state index contributed by atoms with van der Waals surface area (Å²) in [4.78, 5) is 72.4. The molecule has 0 bridgehead atoms. The number of hydrogen-bond donors (Lipinski definition) is 5. The third-order valence-electron chi connectivity index (χ3n) is 13.1. The molecule has 5 aromatic rings. The molecule has 3 fully saturated rings. The van der Waals surface area contributed by atoms with Crippen LogP contribution in [0.1, 0.15) is 119 Å². The number of fused-ring (bicyclic) bond motifs is 2. The molecule has 5 N–H and O–H groups in total. The summed E-state index contributed by atoms with van der Waals surface area (Å²) < 4.78 is 77.8. The number of alkyl halides is 3. The molecule has 8 rings (SSSR count). The molecular weight excluding hydrogens is 870 g/mol. The summed E-state index contributed by atoms with van der Waals surface area (Å²) >= 11 is 0. The molecule has 3 saturated heterocycles. The molecule has 4 amide bonds. The van der Waals surface area contributed by atoms with E-state index in [4.69, 9.17) is 14.7 Å². The maximum absolute atomic E-state index is 16.2. The fourth-order valence-corrected chi connectivity index (χ4v) is 9.90. The lowest BCUT2D eigenvalue weighted by Gasteiger charge is -2.34.